The molecule has 0 saturated carbocycles. The third-order valence-corrected chi connectivity index (χ3v) is 3.77. The molecule has 1 aromatic heterocycles. The minimum atomic E-state index is -0.673. The molecule has 0 bridgehead atoms. The second-order valence-corrected chi connectivity index (χ2v) is 5.21. The molecule has 0 aliphatic carbocycles. The van der Waals surface area contributed by atoms with Gasteiger partial charge in [0, 0.05) is 10.9 Å². The van der Waals surface area contributed by atoms with E-state index in [0.29, 0.717) is 0 Å². The Balaban J connectivity index is 2.35. The van der Waals surface area contributed by atoms with Crippen LogP contribution in [0.4, 0.5) is 14.5 Å². The van der Waals surface area contributed by atoms with Crippen molar-refractivity contribution in [2.75, 3.05) is 0 Å². The number of halogens is 2. The predicted octanol–water partition coefficient (Wildman–Crippen LogP) is 4.72. The summed E-state index contributed by atoms with van der Waals surface area (Å²) in [7, 11) is 0. The lowest BCUT2D eigenvalue weighted by Gasteiger charge is -1.98. The summed E-state index contributed by atoms with van der Waals surface area (Å²) in [5.74, 6) is 4.16. The zero-order chi connectivity index (χ0) is 14.5. The van der Waals surface area contributed by atoms with E-state index in [2.05, 4.69) is 29.1 Å². The second-order valence-electron chi connectivity index (χ2n) is 3.86. The summed E-state index contributed by atoms with van der Waals surface area (Å²) in [6, 6.07) is 5.82. The van der Waals surface area contributed by atoms with Crippen LogP contribution >= 0.6 is 23.6 Å². The topological polar surface area (TPSA) is 12.4 Å². The third-order valence-electron chi connectivity index (χ3n) is 2.53. The molecule has 0 radical (unpaired) electrons. The average molecular weight is 305 g/mol. The van der Waals surface area contributed by atoms with Crippen LogP contribution in [0.3, 0.4) is 0 Å². The Morgan fingerprint density at radius 1 is 1.20 bits per heavy atom. The summed E-state index contributed by atoms with van der Waals surface area (Å²) in [5, 5.41) is 2.01. The van der Waals surface area contributed by atoms with Crippen LogP contribution < -0.4 is 0 Å². The van der Waals surface area contributed by atoms with Crippen LogP contribution in [0.2, 0.25) is 0 Å². The van der Waals surface area contributed by atoms with E-state index in [1.807, 2.05) is 24.2 Å². The highest BCUT2D eigenvalue weighted by molar-refractivity contribution is 7.78. The van der Waals surface area contributed by atoms with Gasteiger partial charge in [0.05, 0.1) is 15.6 Å². The zero-order valence-electron chi connectivity index (χ0n) is 10.5. The van der Waals surface area contributed by atoms with Gasteiger partial charge in [0.25, 0.3) is 0 Å². The Kier molecular flexibility index (Phi) is 4.75. The van der Waals surface area contributed by atoms with Crippen LogP contribution in [-0.2, 0) is 6.42 Å². The van der Waals surface area contributed by atoms with E-state index in [4.69, 9.17) is 0 Å². The lowest BCUT2D eigenvalue weighted by Crippen LogP contribution is -1.87. The molecule has 0 atom stereocenters. The Morgan fingerprint density at radius 2 is 2.00 bits per heavy atom. The largest absolute Gasteiger partial charge is 0.206 e. The summed E-state index contributed by atoms with van der Waals surface area (Å²) < 4.78 is 27.3. The van der Waals surface area contributed by atoms with E-state index in [9.17, 15) is 8.78 Å². The molecular formula is C15H9F2NS2. The third kappa shape index (κ3) is 3.37. The number of nitrogens with zero attached hydrogens (tertiary/aromatic N) is 1. The zero-order valence-corrected chi connectivity index (χ0v) is 12.2. The van der Waals surface area contributed by atoms with Gasteiger partial charge >= 0.3 is 0 Å². The quantitative estimate of drug-likeness (QED) is 0.444. The maximum Gasteiger partial charge on any atom is 0.151 e. The molecule has 0 amide bonds. The van der Waals surface area contributed by atoms with E-state index >= 15 is 0 Å². The molecule has 1 heterocycles. The molecule has 20 heavy (non-hydrogen) atoms. The smallest absolute Gasteiger partial charge is 0.151 e. The standard InChI is InChI=1S/C15H9F2NS2/c1-2-11-5-6-12(20-11)4-3-10-7-14(17)15(18-9-19)8-13(10)16/h5-8H,2H2,1H3. The van der Waals surface area contributed by atoms with Gasteiger partial charge < -0.3 is 0 Å². The van der Waals surface area contributed by atoms with Crippen LogP contribution in [0, 0.1) is 23.5 Å². The highest BCUT2D eigenvalue weighted by atomic mass is 32.1. The van der Waals surface area contributed by atoms with Gasteiger partial charge in [-0.25, -0.2) is 8.78 Å². The van der Waals surface area contributed by atoms with Crippen LogP contribution in [-0.4, -0.2) is 5.16 Å². The van der Waals surface area contributed by atoms with Crippen molar-refractivity contribution < 1.29 is 8.78 Å². The van der Waals surface area contributed by atoms with E-state index in [1.165, 1.54) is 4.88 Å². The second kappa shape index (κ2) is 6.53. The van der Waals surface area contributed by atoms with Gasteiger partial charge in [-0.2, -0.15) is 4.99 Å². The van der Waals surface area contributed by atoms with Crippen molar-refractivity contribution in [2.24, 2.45) is 4.99 Å². The first-order valence-corrected chi connectivity index (χ1v) is 7.04. The molecule has 2 rings (SSSR count). The van der Waals surface area contributed by atoms with Gasteiger partial charge in [-0.3, -0.25) is 0 Å². The number of aryl methyl sites for hydroxylation is 1. The maximum atomic E-state index is 13.7. The number of isothiocyanates is 1. The van der Waals surface area contributed by atoms with E-state index in [-0.39, 0.29) is 11.3 Å². The molecule has 2 aromatic rings. The van der Waals surface area contributed by atoms with Gasteiger partial charge in [0.2, 0.25) is 0 Å². The van der Waals surface area contributed by atoms with Crippen LogP contribution in [0.5, 0.6) is 0 Å². The first-order chi connectivity index (χ1) is 9.63. The Morgan fingerprint density at radius 3 is 2.65 bits per heavy atom. The predicted molar refractivity (Wildman–Crippen MR) is 80.7 cm³/mol. The first-order valence-electron chi connectivity index (χ1n) is 5.81. The van der Waals surface area contributed by atoms with Gasteiger partial charge in [-0.15, -0.1) is 11.3 Å². The average Bonchev–Trinajstić information content (AvgIpc) is 2.89. The molecular weight excluding hydrogens is 296 g/mol. The minimum absolute atomic E-state index is 0.00253. The van der Waals surface area contributed by atoms with Crippen LogP contribution in [0.15, 0.2) is 29.3 Å². The monoisotopic (exact) mass is 305 g/mol. The van der Waals surface area contributed by atoms with E-state index in [1.54, 1.807) is 11.3 Å². The number of thiophene rings is 1. The van der Waals surface area contributed by atoms with Crippen molar-refractivity contribution in [3.8, 4) is 11.8 Å². The van der Waals surface area contributed by atoms with Crippen molar-refractivity contribution in [1.82, 2.24) is 0 Å². The normalized spacial score (nSPS) is 9.55. The summed E-state index contributed by atoms with van der Waals surface area (Å²) in [5.41, 5.74) is -0.176. The van der Waals surface area contributed by atoms with Gasteiger partial charge in [0.15, 0.2) is 5.82 Å². The molecule has 0 N–H and O–H groups in total. The molecule has 0 aliphatic rings. The number of hydrogen-bond donors (Lipinski definition) is 0. The fraction of sp³-hybridized carbons (Fsp3) is 0.133. The molecule has 100 valence electrons. The number of rotatable bonds is 2. The SMILES string of the molecule is CCc1ccc(C#Cc2cc(F)c(N=C=S)cc2F)s1. The van der Waals surface area contributed by atoms with Gasteiger partial charge in [0.1, 0.15) is 11.5 Å². The molecule has 0 spiro atoms. The molecule has 5 heteroatoms. The molecule has 1 nitrogen and oxygen atoms in total. The summed E-state index contributed by atoms with van der Waals surface area (Å²) in [4.78, 5) is 5.47. The highest BCUT2D eigenvalue weighted by Gasteiger charge is 2.07. The molecule has 0 fully saturated rings. The maximum absolute atomic E-state index is 13.7. The van der Waals surface area contributed by atoms with E-state index in [0.717, 1.165) is 23.4 Å². The molecule has 0 aliphatic heterocycles. The van der Waals surface area contributed by atoms with Crippen LogP contribution in [0.1, 0.15) is 22.2 Å². The summed E-state index contributed by atoms with van der Waals surface area (Å²) >= 11 is 5.91. The fourth-order valence-corrected chi connectivity index (χ4v) is 2.43. The van der Waals surface area contributed by atoms with Crippen molar-refractivity contribution in [3.05, 3.63) is 51.2 Å². The van der Waals surface area contributed by atoms with Crippen molar-refractivity contribution >= 4 is 34.4 Å². The van der Waals surface area contributed by atoms with Crippen molar-refractivity contribution in [2.45, 2.75) is 13.3 Å². The number of aliphatic imine (C=N–C) groups is 1. The van der Waals surface area contributed by atoms with Gasteiger partial charge in [-0.05, 0) is 36.8 Å². The molecule has 0 unspecified atom stereocenters. The van der Waals surface area contributed by atoms with E-state index < -0.39 is 11.6 Å². The Hall–Kier alpha value is -1.86. The lowest BCUT2D eigenvalue weighted by atomic mass is 10.2. The first kappa shape index (κ1) is 14.5. The Bertz CT molecular complexity index is 747. The highest BCUT2D eigenvalue weighted by Crippen LogP contribution is 2.21. The van der Waals surface area contributed by atoms with Crippen LogP contribution in [0.25, 0.3) is 0 Å². The Labute approximate surface area is 125 Å². The summed E-state index contributed by atoms with van der Waals surface area (Å²) in [6.45, 7) is 2.05. The molecule has 0 saturated heterocycles. The molecule has 1 aromatic carbocycles. The minimum Gasteiger partial charge on any atom is -0.206 e. The lowest BCUT2D eigenvalue weighted by molar-refractivity contribution is 0.599. The number of thiocarbonyl (C=S) groups is 1. The van der Waals surface area contributed by atoms with Crippen molar-refractivity contribution in [1.29, 1.82) is 0 Å². The number of hydrogen-bond acceptors (Lipinski definition) is 3. The summed E-state index contributed by atoms with van der Waals surface area (Å²) in [6.07, 6.45) is 0.930. The van der Waals surface area contributed by atoms with Crippen molar-refractivity contribution in [3.63, 3.8) is 0 Å². The number of benzene rings is 1. The van der Waals surface area contributed by atoms with Gasteiger partial charge in [-0.1, -0.05) is 18.8 Å². The fourth-order valence-electron chi connectivity index (χ4n) is 1.53.